The van der Waals surface area contributed by atoms with Crippen molar-refractivity contribution in [2.75, 3.05) is 0 Å². The average Bonchev–Trinajstić information content (AvgIpc) is 3.71. The number of aromatic nitrogens is 5. The zero-order chi connectivity index (χ0) is 33.9. The van der Waals surface area contributed by atoms with Crippen LogP contribution in [0.3, 0.4) is 0 Å². The van der Waals surface area contributed by atoms with Gasteiger partial charge in [-0.05, 0) is 48.5 Å². The van der Waals surface area contributed by atoms with Gasteiger partial charge in [0.05, 0.1) is 45.2 Å². The van der Waals surface area contributed by atoms with E-state index in [-0.39, 0.29) is 5.84 Å². The Morgan fingerprint density at radius 2 is 1.31 bits per heavy atom. The Balaban J connectivity index is 1.19. The molecule has 0 amide bonds. The van der Waals surface area contributed by atoms with E-state index >= 15 is 0 Å². The second-order valence-corrected chi connectivity index (χ2v) is 12.6. The highest BCUT2D eigenvalue weighted by molar-refractivity contribution is 6.26. The maximum absolute atomic E-state index is 9.19. The van der Waals surface area contributed by atoms with Crippen LogP contribution in [0.4, 0.5) is 0 Å². The summed E-state index contributed by atoms with van der Waals surface area (Å²) in [6.07, 6.45) is 3.72. The minimum absolute atomic E-state index is 0.119. The third kappa shape index (κ3) is 4.60. The van der Waals surface area contributed by atoms with E-state index < -0.39 is 0 Å². The van der Waals surface area contributed by atoms with Gasteiger partial charge in [0.25, 0.3) is 0 Å². The molecule has 0 saturated heterocycles. The van der Waals surface area contributed by atoms with Gasteiger partial charge in [-0.15, -0.1) is 0 Å². The summed E-state index contributed by atoms with van der Waals surface area (Å²) in [5, 5.41) is 14.9. The number of benzene rings is 6. The van der Waals surface area contributed by atoms with Gasteiger partial charge < -0.3 is 14.1 Å². The van der Waals surface area contributed by atoms with Crippen molar-refractivity contribution in [2.45, 2.75) is 0 Å². The van der Waals surface area contributed by atoms with Gasteiger partial charge in [0.15, 0.2) is 5.84 Å². The predicted molar refractivity (Wildman–Crippen MR) is 207 cm³/mol. The molecule has 240 valence electrons. The lowest BCUT2D eigenvalue weighted by atomic mass is 10.1. The lowest BCUT2D eigenvalue weighted by Crippen LogP contribution is -2.17. The van der Waals surface area contributed by atoms with Crippen LogP contribution in [-0.2, 0) is 0 Å². The van der Waals surface area contributed by atoms with E-state index in [1.54, 1.807) is 6.20 Å². The van der Waals surface area contributed by atoms with Crippen LogP contribution in [0.25, 0.3) is 77.1 Å². The second-order valence-electron chi connectivity index (χ2n) is 12.6. The molecule has 0 unspecified atom stereocenters. The number of pyridine rings is 1. The van der Waals surface area contributed by atoms with E-state index in [2.05, 4.69) is 104 Å². The number of nitrogens with zero attached hydrogens (tertiary/aromatic N) is 5. The minimum Gasteiger partial charge on any atom is -0.323 e. The number of nitrogens with one attached hydrogen (secondary N) is 2. The smallest absolute Gasteiger partial charge is 0.229 e. The van der Waals surface area contributed by atoms with Crippen LogP contribution >= 0.6 is 0 Å². The zero-order valence-electron chi connectivity index (χ0n) is 27.3. The molecule has 4 aromatic heterocycles. The lowest BCUT2D eigenvalue weighted by molar-refractivity contribution is 1.05. The first-order valence-electron chi connectivity index (χ1n) is 16.9. The number of fused-ring (bicyclic) bond motifs is 8. The average molecular weight is 656 g/mol. The van der Waals surface area contributed by atoms with E-state index in [9.17, 15) is 5.41 Å². The van der Waals surface area contributed by atoms with Gasteiger partial charge in [0.2, 0.25) is 5.62 Å². The molecule has 0 saturated carbocycles. The third-order valence-corrected chi connectivity index (χ3v) is 9.66. The normalized spacial score (nSPS) is 12.1. The SMILES string of the molecule is N=C(N=c1nc(-c2ccccc2)c2ccccc2[nH]1)c1cccc(-n2c3ccccc3c3ccc4c(c5ccccc5n4-c4cccnc4)c32)c1. The predicted octanol–water partition coefficient (Wildman–Crippen LogP) is 9.75. The standard InChI is InChI=1S/C44H29N7/c45-43(49-44-47-36-20-7-4-18-34(36)41(48-44)28-12-2-1-3-13-28)29-14-10-15-30(26-29)51-37-21-8-5-17-32(37)33-23-24-39-40(42(33)51)35-19-6-9-22-38(35)50(39)31-16-11-25-46-27-31/h1-27H,(H2,45,47,48,49). The number of para-hydroxylation sites is 3. The number of hydrogen-bond donors (Lipinski definition) is 2. The van der Waals surface area contributed by atoms with Crippen molar-refractivity contribution in [1.29, 1.82) is 5.41 Å². The summed E-state index contributed by atoms with van der Waals surface area (Å²) in [5.41, 5.74) is 10.2. The van der Waals surface area contributed by atoms with Gasteiger partial charge in [-0.2, -0.15) is 4.99 Å². The molecule has 0 aliphatic carbocycles. The first-order chi connectivity index (χ1) is 25.2. The van der Waals surface area contributed by atoms with Crippen molar-refractivity contribution in [1.82, 2.24) is 24.1 Å². The first kappa shape index (κ1) is 28.9. The summed E-state index contributed by atoms with van der Waals surface area (Å²) in [5.74, 6) is 0.119. The summed E-state index contributed by atoms with van der Waals surface area (Å²) >= 11 is 0. The van der Waals surface area contributed by atoms with Crippen LogP contribution in [-0.4, -0.2) is 29.9 Å². The van der Waals surface area contributed by atoms with Gasteiger partial charge in [0.1, 0.15) is 0 Å². The van der Waals surface area contributed by atoms with E-state index in [0.717, 1.165) is 66.4 Å². The van der Waals surface area contributed by atoms with Crippen LogP contribution in [0.15, 0.2) is 169 Å². The Morgan fingerprint density at radius 3 is 2.14 bits per heavy atom. The molecule has 0 bridgehead atoms. The molecule has 10 aromatic rings. The summed E-state index contributed by atoms with van der Waals surface area (Å²) in [6, 6.07) is 51.9. The van der Waals surface area contributed by atoms with Crippen LogP contribution < -0.4 is 5.62 Å². The Hall–Kier alpha value is -7.12. The summed E-state index contributed by atoms with van der Waals surface area (Å²) < 4.78 is 4.62. The van der Waals surface area contributed by atoms with Crippen LogP contribution in [0.1, 0.15) is 5.56 Å². The van der Waals surface area contributed by atoms with Crippen LogP contribution in [0.5, 0.6) is 0 Å². The highest BCUT2D eigenvalue weighted by atomic mass is 15.0. The van der Waals surface area contributed by atoms with Crippen molar-refractivity contribution >= 4 is 60.4 Å². The fourth-order valence-electron chi connectivity index (χ4n) is 7.49. The second kappa shape index (κ2) is 11.5. The highest BCUT2D eigenvalue weighted by Crippen LogP contribution is 2.41. The van der Waals surface area contributed by atoms with E-state index in [1.165, 1.54) is 10.8 Å². The van der Waals surface area contributed by atoms with Crippen molar-refractivity contribution in [3.63, 3.8) is 0 Å². The molecule has 2 N–H and O–H groups in total. The molecule has 6 aromatic carbocycles. The topological polar surface area (TPSA) is 87.6 Å². The quantitative estimate of drug-likeness (QED) is 0.146. The van der Waals surface area contributed by atoms with E-state index in [0.29, 0.717) is 11.2 Å². The molecule has 7 heteroatoms. The summed E-state index contributed by atoms with van der Waals surface area (Å²) in [7, 11) is 0. The van der Waals surface area contributed by atoms with Crippen molar-refractivity contribution < 1.29 is 0 Å². The van der Waals surface area contributed by atoms with Gasteiger partial charge >= 0.3 is 0 Å². The fourth-order valence-corrected chi connectivity index (χ4v) is 7.49. The monoisotopic (exact) mass is 655 g/mol. The van der Waals surface area contributed by atoms with Gasteiger partial charge in [-0.1, -0.05) is 103 Å². The van der Waals surface area contributed by atoms with Gasteiger partial charge in [0, 0.05) is 49.9 Å². The number of amidine groups is 1. The number of aromatic amines is 1. The van der Waals surface area contributed by atoms with Crippen molar-refractivity contribution in [2.24, 2.45) is 4.99 Å². The molecule has 0 fully saturated rings. The summed E-state index contributed by atoms with van der Waals surface area (Å²) in [6.45, 7) is 0. The molecule has 0 atom stereocenters. The molecular weight excluding hydrogens is 627 g/mol. The molecule has 0 aliphatic heterocycles. The van der Waals surface area contributed by atoms with Crippen LogP contribution in [0, 0.1) is 5.41 Å². The largest absolute Gasteiger partial charge is 0.323 e. The Labute approximate surface area is 292 Å². The molecule has 4 heterocycles. The Kier molecular flexibility index (Phi) is 6.50. The first-order valence-corrected chi connectivity index (χ1v) is 16.9. The van der Waals surface area contributed by atoms with Crippen LogP contribution in [0.2, 0.25) is 0 Å². The lowest BCUT2D eigenvalue weighted by Gasteiger charge is -2.11. The molecular formula is C44H29N7. The Morgan fingerprint density at radius 1 is 0.588 bits per heavy atom. The van der Waals surface area contributed by atoms with Crippen molar-refractivity contribution in [3.05, 3.63) is 175 Å². The number of rotatable bonds is 4. The zero-order valence-corrected chi connectivity index (χ0v) is 27.3. The molecule has 7 nitrogen and oxygen atoms in total. The number of hydrogen-bond acceptors (Lipinski definition) is 3. The highest BCUT2D eigenvalue weighted by Gasteiger charge is 2.21. The minimum atomic E-state index is 0.119. The Bertz CT molecular complexity index is 3040. The maximum Gasteiger partial charge on any atom is 0.229 e. The number of H-pyrrole nitrogens is 1. The van der Waals surface area contributed by atoms with E-state index in [1.807, 2.05) is 72.9 Å². The van der Waals surface area contributed by atoms with Crippen molar-refractivity contribution in [3.8, 4) is 22.6 Å². The fraction of sp³-hybridized carbons (Fsp3) is 0. The molecule has 0 aliphatic rings. The third-order valence-electron chi connectivity index (χ3n) is 9.66. The summed E-state index contributed by atoms with van der Waals surface area (Å²) in [4.78, 5) is 17.4. The molecule has 0 spiro atoms. The van der Waals surface area contributed by atoms with Gasteiger partial charge in [-0.25, -0.2) is 4.98 Å². The van der Waals surface area contributed by atoms with E-state index in [4.69, 9.17) is 9.98 Å². The molecule has 10 rings (SSSR count). The van der Waals surface area contributed by atoms with Gasteiger partial charge in [-0.3, -0.25) is 10.4 Å². The molecule has 51 heavy (non-hydrogen) atoms. The maximum atomic E-state index is 9.19. The molecule has 0 radical (unpaired) electrons.